The number of carboxylic acids is 1. The lowest BCUT2D eigenvalue weighted by atomic mass is 10.0. The van der Waals surface area contributed by atoms with Gasteiger partial charge in [0.15, 0.2) is 29.0 Å². The summed E-state index contributed by atoms with van der Waals surface area (Å²) in [5.74, 6) is -19.6. The molecule has 166 valence electrons. The number of nitrogens with zero attached hydrogens (tertiary/aromatic N) is 1. The first-order chi connectivity index (χ1) is 14.3. The molecule has 1 aliphatic rings. The Morgan fingerprint density at radius 2 is 1.55 bits per heavy atom. The van der Waals surface area contributed by atoms with Gasteiger partial charge in [0, 0.05) is 18.7 Å². The lowest BCUT2D eigenvalue weighted by Crippen LogP contribution is -2.57. The van der Waals surface area contributed by atoms with Crippen molar-refractivity contribution in [1.82, 2.24) is 0 Å². The minimum Gasteiger partial charge on any atom is -0.478 e. The minimum absolute atomic E-state index is 0.0602. The third-order valence-corrected chi connectivity index (χ3v) is 4.16. The normalized spacial score (nSPS) is 16.0. The van der Waals surface area contributed by atoms with Crippen molar-refractivity contribution in [2.45, 2.75) is 12.3 Å². The Labute approximate surface area is 166 Å². The summed E-state index contributed by atoms with van der Waals surface area (Å²) in [6, 6.07) is 0.273. The van der Waals surface area contributed by atoms with E-state index in [1.54, 1.807) is 0 Å². The Hall–Kier alpha value is -3.42. The highest BCUT2D eigenvalue weighted by Gasteiger charge is 2.54. The second-order valence-corrected chi connectivity index (χ2v) is 5.96. The quantitative estimate of drug-likeness (QED) is 0.432. The average Bonchev–Trinajstić information content (AvgIpc) is 2.69. The molecule has 1 aliphatic heterocycles. The Bertz CT molecular complexity index is 1090. The number of hydrogen-bond donors (Lipinski definition) is 1. The smallest absolute Gasteiger partial charge is 0.478 e. The van der Waals surface area contributed by atoms with Gasteiger partial charge in [-0.3, -0.25) is 9.69 Å². The van der Waals surface area contributed by atoms with Gasteiger partial charge in [-0.25, -0.2) is 31.1 Å². The molecule has 3 rings (SSSR count). The second-order valence-electron chi connectivity index (χ2n) is 5.96. The zero-order chi connectivity index (χ0) is 23.4. The number of methoxy groups -OCH3 is 1. The van der Waals surface area contributed by atoms with E-state index < -0.39 is 81.7 Å². The molecule has 0 bridgehead atoms. The number of carbonyl (C=O) groups excluding carboxylic acids is 1. The number of aliphatic carboxylic acids is 1. The first kappa shape index (κ1) is 22.3. The number of alkyl halides is 2. The summed E-state index contributed by atoms with van der Waals surface area (Å²) in [6.07, 6.45) is -7.15. The maximum atomic E-state index is 14.5. The van der Waals surface area contributed by atoms with Gasteiger partial charge in [0.1, 0.15) is 5.82 Å². The van der Waals surface area contributed by atoms with E-state index in [1.807, 2.05) is 0 Å². The van der Waals surface area contributed by atoms with Crippen molar-refractivity contribution in [2.75, 3.05) is 12.0 Å². The summed E-state index contributed by atoms with van der Waals surface area (Å²) in [6.45, 7) is 0. The maximum absolute atomic E-state index is 14.5. The van der Waals surface area contributed by atoms with Gasteiger partial charge in [-0.15, -0.1) is 0 Å². The zero-order valence-electron chi connectivity index (χ0n) is 14.8. The summed E-state index contributed by atoms with van der Waals surface area (Å²) < 4.78 is 119. The highest BCUT2D eigenvalue weighted by atomic mass is 19.3. The van der Waals surface area contributed by atoms with Crippen LogP contribution in [0.5, 0.6) is 5.75 Å². The van der Waals surface area contributed by atoms with E-state index in [9.17, 15) is 44.7 Å². The molecular formula is C17H7F8NO5. The summed E-state index contributed by atoms with van der Waals surface area (Å²) in [5, 5.41) is 9.13. The SMILES string of the molecule is CO[C@@H](C(=O)O)N1C(=O)C(F)(F)Oc2cc(F)c(-c3c(F)c(F)c(F)c(F)c3F)cc21. The predicted molar refractivity (Wildman–Crippen MR) is 83.1 cm³/mol. The monoisotopic (exact) mass is 457 g/mol. The van der Waals surface area contributed by atoms with E-state index in [0.717, 1.165) is 0 Å². The highest BCUT2D eigenvalue weighted by Crippen LogP contribution is 2.45. The standard InChI is InChI=1S/C17H7F8NO5/c1-30-14(15(27)28)26-6-2-4(5(18)3-7(6)31-17(24,25)16(26)29)8-9(19)11(21)13(23)12(22)10(8)20/h2-3,14H,1H3,(H,27,28)/t14-/m0/s1. The molecule has 0 saturated carbocycles. The molecule has 0 aromatic heterocycles. The summed E-state index contributed by atoms with van der Waals surface area (Å²) in [4.78, 5) is 23.1. The Morgan fingerprint density at radius 3 is 2.03 bits per heavy atom. The molecule has 0 saturated heterocycles. The number of anilines is 1. The lowest BCUT2D eigenvalue weighted by Gasteiger charge is -2.36. The number of rotatable bonds is 4. The number of halogens is 8. The molecule has 0 unspecified atom stereocenters. The molecule has 1 amide bonds. The van der Waals surface area contributed by atoms with Crippen molar-refractivity contribution in [1.29, 1.82) is 0 Å². The van der Waals surface area contributed by atoms with Gasteiger partial charge in [0.05, 0.1) is 11.3 Å². The number of ether oxygens (including phenoxy) is 2. The number of carbonyl (C=O) groups is 2. The Kier molecular flexibility index (Phi) is 5.29. The molecule has 1 atom stereocenters. The largest absolute Gasteiger partial charge is 0.483 e. The van der Waals surface area contributed by atoms with Crippen molar-refractivity contribution in [3.05, 3.63) is 47.0 Å². The molecule has 0 spiro atoms. The van der Waals surface area contributed by atoms with Crippen LogP contribution in [-0.4, -0.2) is 36.4 Å². The fraction of sp³-hybridized carbons (Fsp3) is 0.176. The lowest BCUT2D eigenvalue weighted by molar-refractivity contribution is -0.196. The zero-order valence-corrected chi connectivity index (χ0v) is 14.8. The number of hydrogen-bond acceptors (Lipinski definition) is 4. The van der Waals surface area contributed by atoms with Crippen molar-refractivity contribution in [3.63, 3.8) is 0 Å². The van der Waals surface area contributed by atoms with E-state index in [-0.39, 0.29) is 17.0 Å². The molecule has 0 fully saturated rings. The van der Waals surface area contributed by atoms with E-state index in [1.165, 1.54) is 0 Å². The van der Waals surface area contributed by atoms with Crippen molar-refractivity contribution in [3.8, 4) is 16.9 Å². The first-order valence-electron chi connectivity index (χ1n) is 7.84. The molecule has 1 N–H and O–H groups in total. The highest BCUT2D eigenvalue weighted by molar-refractivity contribution is 6.05. The minimum atomic E-state index is -4.70. The Balaban J connectivity index is 2.35. The van der Waals surface area contributed by atoms with E-state index in [2.05, 4.69) is 9.47 Å². The topological polar surface area (TPSA) is 76.1 Å². The van der Waals surface area contributed by atoms with Crippen LogP contribution in [0.1, 0.15) is 0 Å². The summed E-state index contributed by atoms with van der Waals surface area (Å²) >= 11 is 0. The van der Waals surface area contributed by atoms with Crippen LogP contribution in [0.3, 0.4) is 0 Å². The van der Waals surface area contributed by atoms with Gasteiger partial charge in [-0.05, 0) is 6.07 Å². The molecule has 0 radical (unpaired) electrons. The van der Waals surface area contributed by atoms with Crippen LogP contribution in [0.2, 0.25) is 0 Å². The van der Waals surface area contributed by atoms with Crippen LogP contribution in [0.25, 0.3) is 11.1 Å². The van der Waals surface area contributed by atoms with E-state index >= 15 is 0 Å². The fourth-order valence-corrected chi connectivity index (χ4v) is 2.83. The van der Waals surface area contributed by atoms with Crippen molar-refractivity contribution in [2.24, 2.45) is 0 Å². The van der Waals surface area contributed by atoms with Gasteiger partial charge >= 0.3 is 18.0 Å². The van der Waals surface area contributed by atoms with E-state index in [0.29, 0.717) is 7.11 Å². The van der Waals surface area contributed by atoms with Gasteiger partial charge in [0.2, 0.25) is 12.0 Å². The van der Waals surface area contributed by atoms with Gasteiger partial charge in [-0.1, -0.05) is 0 Å². The van der Waals surface area contributed by atoms with E-state index in [4.69, 9.17) is 5.11 Å². The first-order valence-corrected chi connectivity index (χ1v) is 7.84. The molecule has 2 aromatic rings. The van der Waals surface area contributed by atoms with Crippen LogP contribution < -0.4 is 9.64 Å². The average molecular weight is 457 g/mol. The molecule has 14 heteroatoms. The Morgan fingerprint density at radius 1 is 1.03 bits per heavy atom. The van der Waals surface area contributed by atoms with Crippen molar-refractivity contribution >= 4 is 17.6 Å². The predicted octanol–water partition coefficient (Wildman–Crippen LogP) is 3.56. The number of carboxylic acid groups (broad SMARTS) is 1. The van der Waals surface area contributed by atoms with Crippen molar-refractivity contribution < 1.29 is 59.3 Å². The van der Waals surface area contributed by atoms with Crippen LogP contribution >= 0.6 is 0 Å². The maximum Gasteiger partial charge on any atom is 0.483 e. The fourth-order valence-electron chi connectivity index (χ4n) is 2.83. The molecular weight excluding hydrogens is 450 g/mol. The third kappa shape index (κ3) is 3.32. The van der Waals surface area contributed by atoms with Gasteiger partial charge < -0.3 is 14.6 Å². The number of amides is 1. The third-order valence-electron chi connectivity index (χ3n) is 4.16. The molecule has 1 heterocycles. The second kappa shape index (κ2) is 7.37. The molecule has 0 aliphatic carbocycles. The molecule has 31 heavy (non-hydrogen) atoms. The number of fused-ring (bicyclic) bond motifs is 1. The summed E-state index contributed by atoms with van der Waals surface area (Å²) in [5.41, 5.74) is -4.14. The summed E-state index contributed by atoms with van der Waals surface area (Å²) in [7, 11) is 0.702. The van der Waals surface area contributed by atoms with Crippen LogP contribution in [0.4, 0.5) is 40.8 Å². The van der Waals surface area contributed by atoms with Crippen LogP contribution in [0.15, 0.2) is 12.1 Å². The van der Waals surface area contributed by atoms with Crippen LogP contribution in [-0.2, 0) is 14.3 Å². The molecule has 2 aromatic carbocycles. The van der Waals surface area contributed by atoms with Gasteiger partial charge in [-0.2, -0.15) is 8.78 Å². The molecule has 6 nitrogen and oxygen atoms in total. The van der Waals surface area contributed by atoms with Gasteiger partial charge in [0.25, 0.3) is 0 Å². The number of benzene rings is 2. The van der Waals surface area contributed by atoms with Crippen LogP contribution in [0, 0.1) is 34.9 Å².